The minimum atomic E-state index is -0.401. The molecule has 0 N–H and O–H groups in total. The molecular weight excluding hydrogens is 400 g/mol. The first-order valence-corrected chi connectivity index (χ1v) is 11.4. The number of aliphatic imine (C=N–C) groups is 1. The molecule has 4 rings (SSSR count). The smallest absolute Gasteiger partial charge is 0.415 e. The number of fused-ring (bicyclic) bond motifs is 1. The number of nitrogens with zero attached hydrogens (tertiary/aromatic N) is 4. The van der Waals surface area contributed by atoms with Gasteiger partial charge in [-0.2, -0.15) is 0 Å². The number of hydrogen-bond donors (Lipinski definition) is 0. The van der Waals surface area contributed by atoms with Crippen molar-refractivity contribution in [3.05, 3.63) is 22.8 Å². The maximum Gasteiger partial charge on any atom is 0.415 e. The van der Waals surface area contributed by atoms with E-state index in [0.717, 1.165) is 29.6 Å². The minimum Gasteiger partial charge on any atom is -0.452 e. The van der Waals surface area contributed by atoms with Crippen molar-refractivity contribution in [2.75, 3.05) is 32.3 Å². The number of amides is 1. The average Bonchev–Trinajstić information content (AvgIpc) is 3.42. The zero-order valence-electron chi connectivity index (χ0n) is 18.8. The van der Waals surface area contributed by atoms with Gasteiger partial charge in [-0.3, -0.25) is 4.90 Å². The summed E-state index contributed by atoms with van der Waals surface area (Å²) in [5.74, 6) is 1.53. The molecule has 0 saturated heterocycles. The molecule has 1 aliphatic heterocycles. The molecule has 1 unspecified atom stereocenters. The molecule has 0 spiro atoms. The van der Waals surface area contributed by atoms with Gasteiger partial charge in [-0.1, -0.05) is 27.7 Å². The number of carbonyl (C=O) groups excluding carboxylic acids is 1. The number of carbonyl (C=O) groups is 1. The summed E-state index contributed by atoms with van der Waals surface area (Å²) in [4.78, 5) is 26.7. The lowest BCUT2D eigenvalue weighted by atomic mass is 9.67. The number of aromatic nitrogens is 1. The lowest BCUT2D eigenvalue weighted by molar-refractivity contribution is 0.0136. The van der Waals surface area contributed by atoms with Crippen molar-refractivity contribution in [3.63, 3.8) is 0 Å². The van der Waals surface area contributed by atoms with Crippen molar-refractivity contribution >= 4 is 28.4 Å². The summed E-state index contributed by atoms with van der Waals surface area (Å²) in [6.07, 6.45) is 6.83. The molecule has 3 aliphatic rings. The largest absolute Gasteiger partial charge is 0.452 e. The lowest BCUT2D eigenvalue weighted by Gasteiger charge is -2.43. The Morgan fingerprint density at radius 3 is 2.60 bits per heavy atom. The Balaban J connectivity index is 1.69. The topological polar surface area (TPSA) is 67.3 Å². The predicted molar refractivity (Wildman–Crippen MR) is 119 cm³/mol. The average molecular weight is 433 g/mol. The number of ether oxygens (including phenoxy) is 2. The van der Waals surface area contributed by atoms with Gasteiger partial charge in [0.05, 0.1) is 18.9 Å². The third-order valence-electron chi connectivity index (χ3n) is 6.47. The lowest BCUT2D eigenvalue weighted by Crippen LogP contribution is -2.45. The van der Waals surface area contributed by atoms with Crippen LogP contribution in [0.3, 0.4) is 0 Å². The van der Waals surface area contributed by atoms with E-state index in [0.29, 0.717) is 5.92 Å². The Hall–Kier alpha value is -1.93. The van der Waals surface area contributed by atoms with E-state index < -0.39 is 6.09 Å². The van der Waals surface area contributed by atoms with E-state index in [2.05, 4.69) is 37.6 Å². The van der Waals surface area contributed by atoms with Gasteiger partial charge in [-0.25, -0.2) is 14.8 Å². The summed E-state index contributed by atoms with van der Waals surface area (Å²) in [6, 6.07) is 0. The fraction of sp³-hybridized carbons (Fsp3) is 0.682. The van der Waals surface area contributed by atoms with Gasteiger partial charge in [0.1, 0.15) is 12.5 Å². The fourth-order valence-electron chi connectivity index (χ4n) is 4.31. The van der Waals surface area contributed by atoms with Gasteiger partial charge < -0.3 is 14.4 Å². The van der Waals surface area contributed by atoms with Crippen LogP contribution in [-0.4, -0.2) is 55.3 Å². The van der Waals surface area contributed by atoms with Crippen LogP contribution in [0, 0.1) is 5.92 Å². The third-order valence-corrected chi connectivity index (χ3v) is 7.91. The van der Waals surface area contributed by atoms with Crippen LogP contribution in [0.2, 0.25) is 0 Å². The van der Waals surface area contributed by atoms with Crippen LogP contribution in [0.4, 0.5) is 9.93 Å². The van der Waals surface area contributed by atoms with Crippen molar-refractivity contribution in [1.82, 2.24) is 9.88 Å². The summed E-state index contributed by atoms with van der Waals surface area (Å²) >= 11 is 1.78. The Kier molecular flexibility index (Phi) is 5.43. The second kappa shape index (κ2) is 7.64. The van der Waals surface area contributed by atoms with Crippen LogP contribution in [-0.2, 0) is 20.3 Å². The molecule has 1 aromatic heterocycles. The van der Waals surface area contributed by atoms with Crippen molar-refractivity contribution in [2.24, 2.45) is 10.9 Å². The molecule has 2 aliphatic carbocycles. The minimum absolute atomic E-state index is 0.0125. The third kappa shape index (κ3) is 3.75. The molecule has 164 valence electrons. The molecule has 2 heterocycles. The number of amidine groups is 1. The van der Waals surface area contributed by atoms with E-state index in [1.54, 1.807) is 24.6 Å². The zero-order valence-corrected chi connectivity index (χ0v) is 19.6. The highest BCUT2D eigenvalue weighted by Crippen LogP contribution is 2.50. The predicted octanol–water partition coefficient (Wildman–Crippen LogP) is 4.29. The van der Waals surface area contributed by atoms with Gasteiger partial charge in [-0.15, -0.1) is 11.3 Å². The van der Waals surface area contributed by atoms with E-state index in [1.807, 2.05) is 6.08 Å². The molecule has 1 atom stereocenters. The van der Waals surface area contributed by atoms with Crippen LogP contribution in [0.25, 0.3) is 0 Å². The number of methoxy groups -OCH3 is 2. The zero-order chi connectivity index (χ0) is 21.7. The van der Waals surface area contributed by atoms with E-state index >= 15 is 0 Å². The molecule has 30 heavy (non-hydrogen) atoms. The molecule has 8 heteroatoms. The van der Waals surface area contributed by atoms with Gasteiger partial charge in [0.15, 0.2) is 5.13 Å². The quantitative estimate of drug-likeness (QED) is 0.710. The van der Waals surface area contributed by atoms with Gasteiger partial charge in [0.25, 0.3) is 0 Å². The highest BCUT2D eigenvalue weighted by atomic mass is 32.1. The Labute approximate surface area is 182 Å². The maximum absolute atomic E-state index is 11.8. The summed E-state index contributed by atoms with van der Waals surface area (Å²) in [5, 5.41) is 0.986. The van der Waals surface area contributed by atoms with Crippen molar-refractivity contribution < 1.29 is 14.3 Å². The van der Waals surface area contributed by atoms with E-state index in [-0.39, 0.29) is 23.6 Å². The first kappa shape index (κ1) is 21.3. The fourth-order valence-corrected chi connectivity index (χ4v) is 5.67. The first-order valence-electron chi connectivity index (χ1n) is 10.6. The highest BCUT2D eigenvalue weighted by molar-refractivity contribution is 7.16. The van der Waals surface area contributed by atoms with Crippen LogP contribution in [0.5, 0.6) is 0 Å². The Morgan fingerprint density at radius 1 is 1.30 bits per heavy atom. The van der Waals surface area contributed by atoms with Crippen LogP contribution >= 0.6 is 11.3 Å². The second-order valence-electron chi connectivity index (χ2n) is 9.68. The van der Waals surface area contributed by atoms with E-state index in [9.17, 15) is 4.79 Å². The standard InChI is InChI=1S/C22H32N4O3S/c1-21(2)11-15(28-5)22(3,4)17-18(21)30-19(24-17)26(12-14-7-8-14)16-9-10-25(13-23-16)20(27)29-6/h9-10,14-15H,7-8,11-13H2,1-6H3. The van der Waals surface area contributed by atoms with Crippen LogP contribution < -0.4 is 4.90 Å². The normalized spacial score (nSPS) is 24.3. The molecule has 7 nitrogen and oxygen atoms in total. The van der Waals surface area contributed by atoms with Crippen molar-refractivity contribution in [1.29, 1.82) is 0 Å². The monoisotopic (exact) mass is 432 g/mol. The number of anilines is 1. The maximum atomic E-state index is 11.8. The Bertz CT molecular complexity index is 885. The SMILES string of the molecule is COC(=O)N1C=CC(N(CC2CC2)c2nc3c(s2)C(C)(C)CC(OC)C3(C)C)=NC1. The number of hydrogen-bond acceptors (Lipinski definition) is 7. The number of thiazole rings is 1. The van der Waals surface area contributed by atoms with Gasteiger partial charge in [0.2, 0.25) is 0 Å². The summed E-state index contributed by atoms with van der Waals surface area (Å²) in [6.45, 7) is 10.2. The molecule has 1 amide bonds. The molecule has 0 aromatic carbocycles. The second-order valence-corrected chi connectivity index (χ2v) is 10.7. The highest BCUT2D eigenvalue weighted by Gasteiger charge is 2.48. The summed E-state index contributed by atoms with van der Waals surface area (Å²) in [5.41, 5.74) is 1.01. The van der Waals surface area contributed by atoms with E-state index in [4.69, 9.17) is 14.5 Å². The molecule has 1 saturated carbocycles. The molecular formula is C22H32N4O3S. The van der Waals surface area contributed by atoms with Crippen molar-refractivity contribution in [2.45, 2.75) is 63.9 Å². The van der Waals surface area contributed by atoms with Crippen molar-refractivity contribution in [3.8, 4) is 0 Å². The molecule has 1 fully saturated rings. The van der Waals surface area contributed by atoms with Crippen LogP contribution in [0.15, 0.2) is 17.3 Å². The number of rotatable bonds is 4. The van der Waals surface area contributed by atoms with Crippen LogP contribution in [0.1, 0.15) is 57.5 Å². The molecule has 1 aromatic rings. The summed E-state index contributed by atoms with van der Waals surface area (Å²) < 4.78 is 10.7. The van der Waals surface area contributed by atoms with Gasteiger partial charge in [0, 0.05) is 35.6 Å². The molecule has 0 radical (unpaired) electrons. The Morgan fingerprint density at radius 2 is 2.03 bits per heavy atom. The first-order chi connectivity index (χ1) is 14.2. The van der Waals surface area contributed by atoms with Gasteiger partial charge >= 0.3 is 6.09 Å². The van der Waals surface area contributed by atoms with Gasteiger partial charge in [-0.05, 0) is 31.3 Å². The van der Waals surface area contributed by atoms with E-state index in [1.165, 1.54) is 29.7 Å². The molecule has 0 bridgehead atoms. The summed E-state index contributed by atoms with van der Waals surface area (Å²) in [7, 11) is 3.18.